The van der Waals surface area contributed by atoms with E-state index in [4.69, 9.17) is 0 Å². The molecule has 96 valence electrons. The van der Waals surface area contributed by atoms with E-state index in [1.165, 1.54) is 17.7 Å². The molecule has 3 nitrogen and oxygen atoms in total. The van der Waals surface area contributed by atoms with Gasteiger partial charge in [0.2, 0.25) is 5.95 Å². The largest absolute Gasteiger partial charge is 0.349 e. The summed E-state index contributed by atoms with van der Waals surface area (Å²) in [5, 5.41) is 3.28. The molecule has 0 amide bonds. The Hall–Kier alpha value is -2.36. The first kappa shape index (κ1) is 11.7. The van der Waals surface area contributed by atoms with Crippen LogP contribution in [0.1, 0.15) is 18.5 Å². The maximum absolute atomic E-state index is 13.1. The topological polar surface area (TPSA) is 40.7 Å². The third kappa shape index (κ3) is 2.42. The van der Waals surface area contributed by atoms with Crippen molar-refractivity contribution in [3.63, 3.8) is 0 Å². The Morgan fingerprint density at radius 1 is 1.16 bits per heavy atom. The number of benzene rings is 2. The molecule has 1 atom stereocenters. The molecule has 1 unspecified atom stereocenters. The third-order valence-corrected chi connectivity index (χ3v) is 3.10. The molecule has 1 aromatic heterocycles. The maximum atomic E-state index is 13.1. The van der Waals surface area contributed by atoms with E-state index in [-0.39, 0.29) is 11.9 Å². The number of anilines is 1. The minimum atomic E-state index is -0.265. The fraction of sp³-hybridized carbons (Fsp3) is 0.133. The molecule has 0 saturated carbocycles. The summed E-state index contributed by atoms with van der Waals surface area (Å²) in [5.74, 6) is 0.385. The highest BCUT2D eigenvalue weighted by molar-refractivity contribution is 5.77. The Kier molecular flexibility index (Phi) is 2.91. The number of aromatic amines is 1. The van der Waals surface area contributed by atoms with Crippen molar-refractivity contribution in [1.29, 1.82) is 0 Å². The zero-order valence-corrected chi connectivity index (χ0v) is 10.5. The molecule has 0 fully saturated rings. The highest BCUT2D eigenvalue weighted by atomic mass is 19.1. The van der Waals surface area contributed by atoms with Gasteiger partial charge in [-0.3, -0.25) is 0 Å². The fourth-order valence-electron chi connectivity index (χ4n) is 2.08. The molecule has 1 heterocycles. The van der Waals surface area contributed by atoms with E-state index < -0.39 is 0 Å². The number of nitrogens with one attached hydrogen (secondary N) is 2. The van der Waals surface area contributed by atoms with E-state index in [9.17, 15) is 4.39 Å². The van der Waals surface area contributed by atoms with Gasteiger partial charge in [-0.05, 0) is 30.7 Å². The number of hydrogen-bond donors (Lipinski definition) is 2. The van der Waals surface area contributed by atoms with Crippen molar-refractivity contribution in [2.75, 3.05) is 5.32 Å². The van der Waals surface area contributed by atoms with E-state index in [0.29, 0.717) is 11.5 Å². The van der Waals surface area contributed by atoms with Gasteiger partial charge in [0.25, 0.3) is 0 Å². The van der Waals surface area contributed by atoms with Crippen molar-refractivity contribution in [3.05, 3.63) is 59.9 Å². The Labute approximate surface area is 110 Å². The summed E-state index contributed by atoms with van der Waals surface area (Å²) in [6.45, 7) is 2.06. The molecule has 2 aromatic carbocycles. The Bertz CT molecular complexity index is 691. The summed E-state index contributed by atoms with van der Waals surface area (Å²) >= 11 is 0. The minimum Gasteiger partial charge on any atom is -0.349 e. The molecule has 3 rings (SSSR count). The molecule has 0 spiro atoms. The first-order valence-electron chi connectivity index (χ1n) is 6.19. The molecular formula is C15H14FN3. The lowest BCUT2D eigenvalue weighted by atomic mass is 10.1. The summed E-state index contributed by atoms with van der Waals surface area (Å²) < 4.78 is 13.1. The first-order chi connectivity index (χ1) is 9.22. The van der Waals surface area contributed by atoms with E-state index in [2.05, 4.69) is 34.3 Å². The van der Waals surface area contributed by atoms with Crippen LogP contribution in [0.25, 0.3) is 11.0 Å². The van der Waals surface area contributed by atoms with Crippen LogP contribution in [0.15, 0.2) is 48.5 Å². The lowest BCUT2D eigenvalue weighted by molar-refractivity contribution is 0.629. The zero-order chi connectivity index (χ0) is 13.2. The van der Waals surface area contributed by atoms with E-state index in [1.54, 1.807) is 6.07 Å². The summed E-state index contributed by atoms with van der Waals surface area (Å²) in [6, 6.07) is 14.8. The highest BCUT2D eigenvalue weighted by Crippen LogP contribution is 2.20. The molecule has 19 heavy (non-hydrogen) atoms. The predicted molar refractivity (Wildman–Crippen MR) is 74.5 cm³/mol. The molecule has 4 heteroatoms. The SMILES string of the molecule is CC(Nc1nc2ccc(F)cc2[nH]1)c1ccccc1. The molecule has 0 bridgehead atoms. The van der Waals surface area contributed by atoms with Crippen molar-refractivity contribution < 1.29 is 4.39 Å². The van der Waals surface area contributed by atoms with Crippen molar-refractivity contribution in [3.8, 4) is 0 Å². The smallest absolute Gasteiger partial charge is 0.201 e. The molecule has 0 radical (unpaired) electrons. The van der Waals surface area contributed by atoms with Crippen LogP contribution in [0, 0.1) is 5.82 Å². The van der Waals surface area contributed by atoms with Crippen LogP contribution in [-0.2, 0) is 0 Å². The van der Waals surface area contributed by atoms with Gasteiger partial charge in [-0.15, -0.1) is 0 Å². The molecular weight excluding hydrogens is 241 g/mol. The van der Waals surface area contributed by atoms with E-state index in [0.717, 1.165) is 5.52 Å². The standard InChI is InChI=1S/C15H14FN3/c1-10(11-5-3-2-4-6-11)17-15-18-13-8-7-12(16)9-14(13)19-15/h2-10H,1H3,(H2,17,18,19). The van der Waals surface area contributed by atoms with Crippen LogP contribution in [0.5, 0.6) is 0 Å². The van der Waals surface area contributed by atoms with Crippen molar-refractivity contribution >= 4 is 17.0 Å². The van der Waals surface area contributed by atoms with Crippen molar-refractivity contribution in [1.82, 2.24) is 9.97 Å². The van der Waals surface area contributed by atoms with Gasteiger partial charge in [-0.2, -0.15) is 0 Å². The van der Waals surface area contributed by atoms with Crippen LogP contribution in [0.3, 0.4) is 0 Å². The molecule has 2 N–H and O–H groups in total. The number of hydrogen-bond acceptors (Lipinski definition) is 2. The molecule has 3 aromatic rings. The number of fused-ring (bicyclic) bond motifs is 1. The average molecular weight is 255 g/mol. The molecule has 0 saturated heterocycles. The summed E-state index contributed by atoms with van der Waals surface area (Å²) in [4.78, 5) is 7.46. The number of aromatic nitrogens is 2. The summed E-state index contributed by atoms with van der Waals surface area (Å²) in [5.41, 5.74) is 2.63. The van der Waals surface area contributed by atoms with Crippen LogP contribution in [-0.4, -0.2) is 9.97 Å². The Morgan fingerprint density at radius 2 is 1.95 bits per heavy atom. The highest BCUT2D eigenvalue weighted by Gasteiger charge is 2.08. The number of imidazole rings is 1. The quantitative estimate of drug-likeness (QED) is 0.745. The Balaban J connectivity index is 1.85. The molecule has 0 aliphatic heterocycles. The third-order valence-electron chi connectivity index (χ3n) is 3.10. The molecule has 0 aliphatic carbocycles. The van der Waals surface area contributed by atoms with Gasteiger partial charge >= 0.3 is 0 Å². The van der Waals surface area contributed by atoms with Crippen LogP contribution < -0.4 is 5.32 Å². The lowest BCUT2D eigenvalue weighted by Crippen LogP contribution is -2.07. The van der Waals surface area contributed by atoms with Gasteiger partial charge in [0.1, 0.15) is 5.82 Å². The van der Waals surface area contributed by atoms with E-state index >= 15 is 0 Å². The van der Waals surface area contributed by atoms with Gasteiger partial charge in [0.15, 0.2) is 0 Å². The fourth-order valence-corrected chi connectivity index (χ4v) is 2.08. The summed E-state index contributed by atoms with van der Waals surface area (Å²) in [6.07, 6.45) is 0. The number of nitrogens with zero attached hydrogens (tertiary/aromatic N) is 1. The molecule has 0 aliphatic rings. The van der Waals surface area contributed by atoms with Crippen LogP contribution >= 0.6 is 0 Å². The van der Waals surface area contributed by atoms with Gasteiger partial charge < -0.3 is 10.3 Å². The summed E-state index contributed by atoms with van der Waals surface area (Å²) in [7, 11) is 0. The second kappa shape index (κ2) is 4.72. The first-order valence-corrected chi connectivity index (χ1v) is 6.19. The van der Waals surface area contributed by atoms with Crippen molar-refractivity contribution in [2.45, 2.75) is 13.0 Å². The second-order valence-electron chi connectivity index (χ2n) is 4.52. The van der Waals surface area contributed by atoms with Gasteiger partial charge in [-0.1, -0.05) is 30.3 Å². The normalized spacial score (nSPS) is 12.5. The monoisotopic (exact) mass is 255 g/mol. The van der Waals surface area contributed by atoms with Crippen LogP contribution in [0.4, 0.5) is 10.3 Å². The zero-order valence-electron chi connectivity index (χ0n) is 10.5. The van der Waals surface area contributed by atoms with Crippen molar-refractivity contribution in [2.24, 2.45) is 0 Å². The average Bonchev–Trinajstić information content (AvgIpc) is 2.81. The van der Waals surface area contributed by atoms with Gasteiger partial charge in [-0.25, -0.2) is 9.37 Å². The Morgan fingerprint density at radius 3 is 2.74 bits per heavy atom. The lowest BCUT2D eigenvalue weighted by Gasteiger charge is -2.12. The van der Waals surface area contributed by atoms with E-state index in [1.807, 2.05) is 18.2 Å². The minimum absolute atomic E-state index is 0.131. The van der Waals surface area contributed by atoms with Gasteiger partial charge in [0, 0.05) is 0 Å². The number of H-pyrrole nitrogens is 1. The van der Waals surface area contributed by atoms with Crippen LogP contribution in [0.2, 0.25) is 0 Å². The predicted octanol–water partition coefficient (Wildman–Crippen LogP) is 3.88. The number of halogens is 1. The van der Waals surface area contributed by atoms with Gasteiger partial charge in [0.05, 0.1) is 17.1 Å². The number of rotatable bonds is 3. The second-order valence-corrected chi connectivity index (χ2v) is 4.52. The maximum Gasteiger partial charge on any atom is 0.201 e.